The van der Waals surface area contributed by atoms with Crippen molar-refractivity contribution in [1.82, 2.24) is 5.32 Å². The smallest absolute Gasteiger partial charge is 0.239 e. The molecular formula is C23H30N2O2. The molecule has 0 heterocycles. The zero-order valence-electron chi connectivity index (χ0n) is 17.1. The van der Waals surface area contributed by atoms with Crippen LogP contribution in [0.5, 0.6) is 0 Å². The van der Waals surface area contributed by atoms with Gasteiger partial charge in [-0.15, -0.1) is 0 Å². The number of para-hydroxylation sites is 1. The van der Waals surface area contributed by atoms with Crippen molar-refractivity contribution in [2.24, 2.45) is 5.41 Å². The standard InChI is InChI=1S/C23H30N2O2/c1-16(17-12-8-7-9-13-17)24-20(26)23(5,6)21(27)25-19-15-11-10-14-18(19)22(2,3)4/h7-16H,1-6H3,(H,24,26)(H,25,27). The highest BCUT2D eigenvalue weighted by Gasteiger charge is 2.37. The van der Waals surface area contributed by atoms with Gasteiger partial charge in [0.1, 0.15) is 5.41 Å². The van der Waals surface area contributed by atoms with E-state index in [-0.39, 0.29) is 23.3 Å². The van der Waals surface area contributed by atoms with Crippen molar-refractivity contribution >= 4 is 17.5 Å². The van der Waals surface area contributed by atoms with Gasteiger partial charge < -0.3 is 10.6 Å². The monoisotopic (exact) mass is 366 g/mol. The highest BCUT2D eigenvalue weighted by atomic mass is 16.2. The number of hydrogen-bond donors (Lipinski definition) is 2. The summed E-state index contributed by atoms with van der Waals surface area (Å²) < 4.78 is 0. The lowest BCUT2D eigenvalue weighted by Crippen LogP contribution is -2.46. The molecule has 2 aromatic rings. The molecule has 0 aromatic heterocycles. The van der Waals surface area contributed by atoms with Gasteiger partial charge in [0.15, 0.2) is 0 Å². The molecule has 2 aromatic carbocycles. The molecular weight excluding hydrogens is 336 g/mol. The predicted molar refractivity (Wildman–Crippen MR) is 111 cm³/mol. The van der Waals surface area contributed by atoms with Crippen molar-refractivity contribution < 1.29 is 9.59 Å². The summed E-state index contributed by atoms with van der Waals surface area (Å²) in [6.45, 7) is 11.5. The maximum Gasteiger partial charge on any atom is 0.239 e. The minimum atomic E-state index is -1.20. The normalized spacial score (nSPS) is 13.0. The van der Waals surface area contributed by atoms with E-state index in [1.165, 1.54) is 0 Å². The largest absolute Gasteiger partial charge is 0.349 e. The second-order valence-corrected chi connectivity index (χ2v) is 8.48. The van der Waals surface area contributed by atoms with Crippen LogP contribution in [0.1, 0.15) is 58.7 Å². The average Bonchev–Trinajstić information content (AvgIpc) is 2.61. The van der Waals surface area contributed by atoms with Crippen LogP contribution < -0.4 is 10.6 Å². The second-order valence-electron chi connectivity index (χ2n) is 8.48. The first kappa shape index (κ1) is 20.7. The van der Waals surface area contributed by atoms with E-state index in [0.717, 1.165) is 16.8 Å². The van der Waals surface area contributed by atoms with Crippen LogP contribution in [-0.4, -0.2) is 11.8 Å². The van der Waals surface area contributed by atoms with E-state index in [1.54, 1.807) is 13.8 Å². The molecule has 0 aliphatic heterocycles. The lowest BCUT2D eigenvalue weighted by Gasteiger charge is -2.28. The van der Waals surface area contributed by atoms with Crippen LogP contribution >= 0.6 is 0 Å². The van der Waals surface area contributed by atoms with Crippen LogP contribution in [0.25, 0.3) is 0 Å². The summed E-state index contributed by atoms with van der Waals surface area (Å²) in [5, 5.41) is 5.90. The Balaban J connectivity index is 2.14. The molecule has 0 spiro atoms. The summed E-state index contributed by atoms with van der Waals surface area (Å²) in [7, 11) is 0. The number of anilines is 1. The van der Waals surface area contributed by atoms with Gasteiger partial charge in [0, 0.05) is 5.69 Å². The van der Waals surface area contributed by atoms with Gasteiger partial charge in [-0.25, -0.2) is 0 Å². The summed E-state index contributed by atoms with van der Waals surface area (Å²) in [4.78, 5) is 25.7. The van der Waals surface area contributed by atoms with Crippen molar-refractivity contribution in [1.29, 1.82) is 0 Å². The highest BCUT2D eigenvalue weighted by molar-refractivity contribution is 6.10. The molecule has 1 atom stereocenters. The van der Waals surface area contributed by atoms with E-state index in [9.17, 15) is 9.59 Å². The maximum absolute atomic E-state index is 12.9. The number of rotatable bonds is 5. The lowest BCUT2D eigenvalue weighted by atomic mass is 9.85. The van der Waals surface area contributed by atoms with Gasteiger partial charge in [-0.05, 0) is 43.4 Å². The van der Waals surface area contributed by atoms with Crippen LogP contribution in [0.3, 0.4) is 0 Å². The van der Waals surface area contributed by atoms with E-state index in [1.807, 2.05) is 61.5 Å². The fourth-order valence-electron chi connectivity index (χ4n) is 2.83. The van der Waals surface area contributed by atoms with Gasteiger partial charge in [0.25, 0.3) is 0 Å². The van der Waals surface area contributed by atoms with E-state index in [2.05, 4.69) is 31.4 Å². The minimum Gasteiger partial charge on any atom is -0.349 e. The fraction of sp³-hybridized carbons (Fsp3) is 0.391. The Bertz CT molecular complexity index is 805. The zero-order chi connectivity index (χ0) is 20.2. The Labute approximate surface area is 162 Å². The van der Waals surface area contributed by atoms with Gasteiger partial charge >= 0.3 is 0 Å². The van der Waals surface area contributed by atoms with Crippen molar-refractivity contribution in [3.63, 3.8) is 0 Å². The van der Waals surface area contributed by atoms with Crippen molar-refractivity contribution in [3.8, 4) is 0 Å². The molecule has 0 saturated carbocycles. The summed E-state index contributed by atoms with van der Waals surface area (Å²) in [5.41, 5.74) is 1.46. The van der Waals surface area contributed by atoms with Crippen LogP contribution in [0.2, 0.25) is 0 Å². The number of hydrogen-bond acceptors (Lipinski definition) is 2. The molecule has 2 N–H and O–H groups in total. The molecule has 0 fully saturated rings. The maximum atomic E-state index is 12.9. The Morgan fingerprint density at radius 1 is 0.815 bits per heavy atom. The summed E-state index contributed by atoms with van der Waals surface area (Å²) in [6, 6.07) is 17.2. The molecule has 0 radical (unpaired) electrons. The van der Waals surface area contributed by atoms with Gasteiger partial charge in [-0.3, -0.25) is 9.59 Å². The molecule has 27 heavy (non-hydrogen) atoms. The summed E-state index contributed by atoms with van der Waals surface area (Å²) in [5.74, 6) is -0.624. The third-order valence-corrected chi connectivity index (χ3v) is 4.77. The van der Waals surface area contributed by atoms with Gasteiger partial charge in [-0.2, -0.15) is 0 Å². The van der Waals surface area contributed by atoms with Crippen LogP contribution in [0.4, 0.5) is 5.69 Å². The van der Waals surface area contributed by atoms with Gasteiger partial charge in [0.05, 0.1) is 6.04 Å². The van der Waals surface area contributed by atoms with E-state index in [0.29, 0.717) is 0 Å². The highest BCUT2D eigenvalue weighted by Crippen LogP contribution is 2.30. The topological polar surface area (TPSA) is 58.2 Å². The van der Waals surface area contributed by atoms with Crippen molar-refractivity contribution in [2.75, 3.05) is 5.32 Å². The molecule has 0 aliphatic rings. The number of nitrogens with one attached hydrogen (secondary N) is 2. The molecule has 0 bridgehead atoms. The van der Waals surface area contributed by atoms with Crippen LogP contribution in [-0.2, 0) is 15.0 Å². The zero-order valence-corrected chi connectivity index (χ0v) is 17.1. The van der Waals surface area contributed by atoms with Crippen LogP contribution in [0, 0.1) is 5.41 Å². The number of amides is 2. The molecule has 4 heteroatoms. The third kappa shape index (κ3) is 4.97. The molecule has 4 nitrogen and oxygen atoms in total. The Kier molecular flexibility index (Phi) is 6.09. The van der Waals surface area contributed by atoms with E-state index < -0.39 is 5.41 Å². The first-order valence-electron chi connectivity index (χ1n) is 9.30. The molecule has 1 unspecified atom stereocenters. The summed E-state index contributed by atoms with van der Waals surface area (Å²) in [6.07, 6.45) is 0. The molecule has 2 amide bonds. The van der Waals surface area contributed by atoms with Crippen molar-refractivity contribution in [3.05, 3.63) is 65.7 Å². The first-order chi connectivity index (χ1) is 12.5. The summed E-state index contributed by atoms with van der Waals surface area (Å²) >= 11 is 0. The van der Waals surface area contributed by atoms with Crippen molar-refractivity contribution in [2.45, 2.75) is 53.0 Å². The quantitative estimate of drug-likeness (QED) is 0.745. The van der Waals surface area contributed by atoms with Crippen LogP contribution in [0.15, 0.2) is 54.6 Å². The predicted octanol–water partition coefficient (Wildman–Crippen LogP) is 4.83. The molecule has 0 aliphatic carbocycles. The average molecular weight is 367 g/mol. The number of benzene rings is 2. The second kappa shape index (κ2) is 7.95. The molecule has 144 valence electrons. The SMILES string of the molecule is CC(NC(=O)C(C)(C)C(=O)Nc1ccccc1C(C)(C)C)c1ccccc1. The van der Waals surface area contributed by atoms with E-state index in [4.69, 9.17) is 0 Å². The fourth-order valence-corrected chi connectivity index (χ4v) is 2.83. The number of carbonyl (C=O) groups excluding carboxylic acids is 2. The van der Waals surface area contributed by atoms with E-state index >= 15 is 0 Å². The first-order valence-corrected chi connectivity index (χ1v) is 9.30. The third-order valence-electron chi connectivity index (χ3n) is 4.77. The molecule has 0 saturated heterocycles. The Hall–Kier alpha value is -2.62. The molecule has 2 rings (SSSR count). The Morgan fingerprint density at radius 2 is 1.37 bits per heavy atom. The van der Waals surface area contributed by atoms with Gasteiger partial charge in [0.2, 0.25) is 11.8 Å². The number of carbonyl (C=O) groups is 2. The lowest BCUT2D eigenvalue weighted by molar-refractivity contribution is -0.138. The Morgan fingerprint density at radius 3 is 1.96 bits per heavy atom. The minimum absolute atomic E-state index is 0.113. The van der Waals surface area contributed by atoms with Gasteiger partial charge in [-0.1, -0.05) is 69.3 Å².